The molecule has 1 amide bonds. The SMILES string of the molecule is O=C(CCc1cccc(Cl)c1)NCCCc1ncc2ccccn12. The van der Waals surface area contributed by atoms with E-state index < -0.39 is 0 Å². The molecule has 5 heteroatoms. The molecule has 1 N–H and O–H groups in total. The highest BCUT2D eigenvalue weighted by molar-refractivity contribution is 6.30. The molecule has 24 heavy (non-hydrogen) atoms. The van der Waals surface area contributed by atoms with Crippen LogP contribution in [-0.4, -0.2) is 21.8 Å². The van der Waals surface area contributed by atoms with Crippen molar-refractivity contribution in [3.63, 3.8) is 0 Å². The molecule has 1 aromatic carbocycles. The molecule has 2 heterocycles. The Labute approximate surface area is 146 Å². The monoisotopic (exact) mass is 341 g/mol. The zero-order valence-electron chi connectivity index (χ0n) is 13.4. The van der Waals surface area contributed by atoms with E-state index in [1.807, 2.05) is 54.9 Å². The highest BCUT2D eigenvalue weighted by Crippen LogP contribution is 2.12. The highest BCUT2D eigenvalue weighted by atomic mass is 35.5. The van der Waals surface area contributed by atoms with Crippen LogP contribution >= 0.6 is 11.6 Å². The molecule has 3 rings (SSSR count). The molecule has 0 radical (unpaired) electrons. The number of aryl methyl sites for hydroxylation is 2. The number of aromatic nitrogens is 2. The van der Waals surface area contributed by atoms with Crippen LogP contribution in [0.2, 0.25) is 5.02 Å². The fourth-order valence-corrected chi connectivity index (χ4v) is 2.91. The Morgan fingerprint density at radius 3 is 2.96 bits per heavy atom. The van der Waals surface area contributed by atoms with Crippen LogP contribution in [0.25, 0.3) is 5.52 Å². The van der Waals surface area contributed by atoms with Gasteiger partial charge in [-0.2, -0.15) is 0 Å². The molecule has 0 spiro atoms. The number of benzene rings is 1. The molecule has 0 bridgehead atoms. The van der Waals surface area contributed by atoms with E-state index in [2.05, 4.69) is 14.7 Å². The zero-order valence-corrected chi connectivity index (χ0v) is 14.2. The van der Waals surface area contributed by atoms with Gasteiger partial charge in [-0.25, -0.2) is 4.98 Å². The maximum absolute atomic E-state index is 11.9. The van der Waals surface area contributed by atoms with Crippen molar-refractivity contribution in [3.8, 4) is 0 Å². The van der Waals surface area contributed by atoms with Gasteiger partial charge in [-0.15, -0.1) is 0 Å². The van der Waals surface area contributed by atoms with E-state index in [9.17, 15) is 4.79 Å². The summed E-state index contributed by atoms with van der Waals surface area (Å²) in [7, 11) is 0. The van der Waals surface area contributed by atoms with Crippen molar-refractivity contribution in [2.45, 2.75) is 25.7 Å². The topological polar surface area (TPSA) is 46.4 Å². The van der Waals surface area contributed by atoms with Crippen LogP contribution in [0.1, 0.15) is 24.2 Å². The molecule has 2 aromatic heterocycles. The van der Waals surface area contributed by atoms with Crippen LogP contribution in [0.3, 0.4) is 0 Å². The van der Waals surface area contributed by atoms with Gasteiger partial charge in [0.15, 0.2) is 0 Å². The number of carbonyl (C=O) groups is 1. The molecule has 0 unspecified atom stereocenters. The third-order valence-electron chi connectivity index (χ3n) is 3.94. The molecule has 4 nitrogen and oxygen atoms in total. The summed E-state index contributed by atoms with van der Waals surface area (Å²) in [6.45, 7) is 0.663. The molecular weight excluding hydrogens is 322 g/mol. The zero-order chi connectivity index (χ0) is 16.8. The first-order valence-electron chi connectivity index (χ1n) is 8.14. The van der Waals surface area contributed by atoms with Crippen LogP contribution in [0.4, 0.5) is 0 Å². The predicted octanol–water partition coefficient (Wildman–Crippen LogP) is 3.67. The lowest BCUT2D eigenvalue weighted by molar-refractivity contribution is -0.121. The van der Waals surface area contributed by atoms with Gasteiger partial charge in [-0.05, 0) is 42.7 Å². The number of fused-ring (bicyclic) bond motifs is 1. The largest absolute Gasteiger partial charge is 0.356 e. The summed E-state index contributed by atoms with van der Waals surface area (Å²) in [6, 6.07) is 13.7. The molecule has 0 saturated heterocycles. The fourth-order valence-electron chi connectivity index (χ4n) is 2.70. The lowest BCUT2D eigenvalue weighted by Crippen LogP contribution is -2.25. The Balaban J connectivity index is 1.39. The number of nitrogens with zero attached hydrogens (tertiary/aromatic N) is 2. The normalized spacial score (nSPS) is 10.9. The molecule has 124 valence electrons. The minimum Gasteiger partial charge on any atom is -0.356 e. The van der Waals surface area contributed by atoms with Crippen molar-refractivity contribution in [1.29, 1.82) is 0 Å². The molecular formula is C19H20ClN3O. The van der Waals surface area contributed by atoms with E-state index in [4.69, 9.17) is 11.6 Å². The summed E-state index contributed by atoms with van der Waals surface area (Å²) in [5.74, 6) is 1.10. The number of hydrogen-bond acceptors (Lipinski definition) is 2. The van der Waals surface area contributed by atoms with Crippen molar-refractivity contribution in [1.82, 2.24) is 14.7 Å². The van der Waals surface area contributed by atoms with Gasteiger partial charge in [-0.1, -0.05) is 29.8 Å². The van der Waals surface area contributed by atoms with Crippen LogP contribution in [-0.2, 0) is 17.6 Å². The first-order chi connectivity index (χ1) is 11.7. The van der Waals surface area contributed by atoms with E-state index in [1.54, 1.807) is 0 Å². The highest BCUT2D eigenvalue weighted by Gasteiger charge is 2.05. The van der Waals surface area contributed by atoms with Crippen molar-refractivity contribution < 1.29 is 4.79 Å². The second-order valence-electron chi connectivity index (χ2n) is 5.75. The summed E-state index contributed by atoms with van der Waals surface area (Å²) in [6.07, 6.45) is 6.79. The number of imidazole rings is 1. The van der Waals surface area contributed by atoms with E-state index in [1.165, 1.54) is 0 Å². The van der Waals surface area contributed by atoms with E-state index in [0.29, 0.717) is 24.4 Å². The van der Waals surface area contributed by atoms with Gasteiger partial charge >= 0.3 is 0 Å². The second-order valence-corrected chi connectivity index (χ2v) is 6.19. The number of hydrogen-bond donors (Lipinski definition) is 1. The summed E-state index contributed by atoms with van der Waals surface area (Å²) < 4.78 is 2.08. The van der Waals surface area contributed by atoms with Crippen LogP contribution in [0.5, 0.6) is 0 Å². The third kappa shape index (κ3) is 4.36. The van der Waals surface area contributed by atoms with E-state index in [0.717, 1.165) is 29.7 Å². The maximum atomic E-state index is 11.9. The van der Waals surface area contributed by atoms with Gasteiger partial charge in [0, 0.05) is 30.6 Å². The van der Waals surface area contributed by atoms with Gasteiger partial charge in [0.2, 0.25) is 5.91 Å². The Morgan fingerprint density at radius 2 is 2.08 bits per heavy atom. The number of pyridine rings is 1. The number of halogens is 1. The number of nitrogens with one attached hydrogen (secondary N) is 1. The third-order valence-corrected chi connectivity index (χ3v) is 4.18. The molecule has 0 aliphatic carbocycles. The summed E-state index contributed by atoms with van der Waals surface area (Å²) in [4.78, 5) is 16.3. The lowest BCUT2D eigenvalue weighted by Gasteiger charge is -2.06. The molecule has 0 saturated carbocycles. The van der Waals surface area contributed by atoms with E-state index in [-0.39, 0.29) is 5.91 Å². The quantitative estimate of drug-likeness (QED) is 0.666. The van der Waals surface area contributed by atoms with Crippen LogP contribution in [0, 0.1) is 0 Å². The first-order valence-corrected chi connectivity index (χ1v) is 8.52. The van der Waals surface area contributed by atoms with Crippen molar-refractivity contribution in [3.05, 3.63) is 71.3 Å². The minimum atomic E-state index is 0.0722. The lowest BCUT2D eigenvalue weighted by atomic mass is 10.1. The molecule has 0 aliphatic rings. The standard InChI is InChI=1S/C19H20ClN3O/c20-16-6-3-5-15(13-16)9-10-19(24)21-11-4-8-18-22-14-17-7-1-2-12-23(17)18/h1-3,5-7,12-14H,4,8-11H2,(H,21,24). The molecule has 0 atom stereocenters. The fraction of sp³-hybridized carbons (Fsp3) is 0.263. The molecule has 3 aromatic rings. The van der Waals surface area contributed by atoms with E-state index >= 15 is 0 Å². The van der Waals surface area contributed by atoms with Crippen LogP contribution < -0.4 is 5.32 Å². The Hall–Kier alpha value is -2.33. The Kier molecular flexibility index (Phi) is 5.49. The van der Waals surface area contributed by atoms with Crippen LogP contribution in [0.15, 0.2) is 54.9 Å². The maximum Gasteiger partial charge on any atom is 0.220 e. The number of rotatable bonds is 7. The minimum absolute atomic E-state index is 0.0722. The van der Waals surface area contributed by atoms with Crippen molar-refractivity contribution in [2.24, 2.45) is 0 Å². The van der Waals surface area contributed by atoms with Gasteiger partial charge in [0.1, 0.15) is 5.82 Å². The number of carbonyl (C=O) groups excluding carboxylic acids is 1. The second kappa shape index (κ2) is 7.97. The average molecular weight is 342 g/mol. The van der Waals surface area contributed by atoms with Gasteiger partial charge < -0.3 is 9.72 Å². The van der Waals surface area contributed by atoms with Crippen molar-refractivity contribution >= 4 is 23.0 Å². The summed E-state index contributed by atoms with van der Waals surface area (Å²) >= 11 is 5.94. The predicted molar refractivity (Wildman–Crippen MR) is 96.3 cm³/mol. The van der Waals surface area contributed by atoms with Crippen molar-refractivity contribution in [2.75, 3.05) is 6.54 Å². The molecule has 0 fully saturated rings. The number of amides is 1. The van der Waals surface area contributed by atoms with Gasteiger partial charge in [-0.3, -0.25) is 4.79 Å². The summed E-state index contributed by atoms with van der Waals surface area (Å²) in [5.41, 5.74) is 2.18. The molecule has 0 aliphatic heterocycles. The summed E-state index contributed by atoms with van der Waals surface area (Å²) in [5, 5.41) is 3.68. The Bertz CT molecular complexity index is 828. The average Bonchev–Trinajstić information content (AvgIpc) is 3.00. The first kappa shape index (κ1) is 16.5. The van der Waals surface area contributed by atoms with Gasteiger partial charge in [0.05, 0.1) is 11.7 Å². The Morgan fingerprint density at radius 1 is 1.17 bits per heavy atom. The smallest absolute Gasteiger partial charge is 0.220 e. The van der Waals surface area contributed by atoms with Gasteiger partial charge in [0.25, 0.3) is 0 Å².